The van der Waals surface area contributed by atoms with Gasteiger partial charge in [0.1, 0.15) is 0 Å². The van der Waals surface area contributed by atoms with E-state index in [2.05, 4.69) is 0 Å². The van der Waals surface area contributed by atoms with E-state index in [1.165, 1.54) is 11.3 Å². The number of hydrogen-bond acceptors (Lipinski definition) is 2. The van der Waals surface area contributed by atoms with Gasteiger partial charge in [0.2, 0.25) is 0 Å². The van der Waals surface area contributed by atoms with E-state index in [1.54, 1.807) is 0 Å². The van der Waals surface area contributed by atoms with Crippen LogP contribution in [0.25, 0.3) is 0 Å². The molecule has 1 N–H and O–H groups in total. The summed E-state index contributed by atoms with van der Waals surface area (Å²) in [6, 6.07) is 2.06. The lowest BCUT2D eigenvalue weighted by Gasteiger charge is -2.17. The van der Waals surface area contributed by atoms with Crippen molar-refractivity contribution >= 4 is 0 Å². The van der Waals surface area contributed by atoms with E-state index in [0.717, 1.165) is 19.3 Å². The van der Waals surface area contributed by atoms with Crippen LogP contribution < -0.4 is 5.56 Å². The van der Waals surface area contributed by atoms with E-state index in [0.29, 0.717) is 5.56 Å². The number of pyridine rings is 1. The minimum atomic E-state index is -0.154. The highest BCUT2D eigenvalue weighted by Crippen LogP contribution is 2.23. The second-order valence-corrected chi connectivity index (χ2v) is 4.42. The minimum Gasteiger partial charge on any atom is -0.391 e. The topological polar surface area (TPSA) is 42.2 Å². The highest BCUT2D eigenvalue weighted by Gasteiger charge is 2.19. The molecule has 1 aromatic heterocycles. The predicted molar refractivity (Wildman–Crippen MR) is 59.0 cm³/mol. The SMILES string of the molecule is CC(C)n1c2c(cc(CO)c1=O)CCC2. The number of aliphatic hydroxyl groups excluding tert-OH is 1. The van der Waals surface area contributed by atoms with Gasteiger partial charge in [0.25, 0.3) is 5.56 Å². The highest BCUT2D eigenvalue weighted by atomic mass is 16.3. The van der Waals surface area contributed by atoms with E-state index >= 15 is 0 Å². The van der Waals surface area contributed by atoms with Gasteiger partial charge in [0, 0.05) is 17.3 Å². The summed E-state index contributed by atoms with van der Waals surface area (Å²) in [6.07, 6.45) is 3.15. The van der Waals surface area contributed by atoms with Crippen LogP contribution in [0.4, 0.5) is 0 Å². The van der Waals surface area contributed by atoms with Crippen molar-refractivity contribution in [2.24, 2.45) is 0 Å². The largest absolute Gasteiger partial charge is 0.391 e. The van der Waals surface area contributed by atoms with Crippen molar-refractivity contribution in [1.82, 2.24) is 4.57 Å². The molecule has 0 unspecified atom stereocenters. The molecule has 1 aromatic rings. The molecule has 1 aliphatic rings. The Morgan fingerprint density at radius 1 is 1.47 bits per heavy atom. The van der Waals surface area contributed by atoms with Gasteiger partial charge in [-0.1, -0.05) is 0 Å². The van der Waals surface area contributed by atoms with Gasteiger partial charge in [0.15, 0.2) is 0 Å². The number of aliphatic hydroxyl groups is 1. The van der Waals surface area contributed by atoms with Gasteiger partial charge < -0.3 is 9.67 Å². The van der Waals surface area contributed by atoms with Crippen LogP contribution in [0.15, 0.2) is 10.9 Å². The van der Waals surface area contributed by atoms with Crippen LogP contribution in [0, 0.1) is 0 Å². The maximum atomic E-state index is 12.0. The van der Waals surface area contributed by atoms with Gasteiger partial charge >= 0.3 is 0 Å². The standard InChI is InChI=1S/C12H17NO2/c1-8(2)13-11-5-3-4-9(11)6-10(7-14)12(13)15/h6,8,14H,3-5,7H2,1-2H3. The van der Waals surface area contributed by atoms with Crippen LogP contribution in [-0.4, -0.2) is 9.67 Å². The summed E-state index contributed by atoms with van der Waals surface area (Å²) >= 11 is 0. The molecule has 0 spiro atoms. The van der Waals surface area contributed by atoms with E-state index in [4.69, 9.17) is 5.11 Å². The van der Waals surface area contributed by atoms with E-state index in [9.17, 15) is 4.79 Å². The smallest absolute Gasteiger partial charge is 0.256 e. The van der Waals surface area contributed by atoms with Gasteiger partial charge in [0.05, 0.1) is 6.61 Å². The molecule has 0 aliphatic heterocycles. The Morgan fingerprint density at radius 3 is 2.80 bits per heavy atom. The van der Waals surface area contributed by atoms with Gasteiger partial charge in [-0.05, 0) is 44.7 Å². The molecule has 0 bridgehead atoms. The number of nitrogens with zero attached hydrogens (tertiary/aromatic N) is 1. The third-order valence-corrected chi connectivity index (χ3v) is 3.05. The zero-order valence-electron chi connectivity index (χ0n) is 9.29. The number of aromatic nitrogens is 1. The predicted octanol–water partition coefficient (Wildman–Crippen LogP) is 1.41. The lowest BCUT2D eigenvalue weighted by molar-refractivity contribution is 0.278. The van der Waals surface area contributed by atoms with Crippen molar-refractivity contribution in [3.63, 3.8) is 0 Å². The number of hydrogen-bond donors (Lipinski definition) is 1. The first-order chi connectivity index (χ1) is 7.15. The molecule has 0 aromatic carbocycles. The lowest BCUT2D eigenvalue weighted by atomic mass is 10.1. The maximum Gasteiger partial charge on any atom is 0.256 e. The van der Waals surface area contributed by atoms with Gasteiger partial charge in [-0.2, -0.15) is 0 Å². The second-order valence-electron chi connectivity index (χ2n) is 4.42. The van der Waals surface area contributed by atoms with Gasteiger partial charge in [-0.25, -0.2) is 0 Å². The Labute approximate surface area is 89.4 Å². The van der Waals surface area contributed by atoms with Crippen molar-refractivity contribution in [3.05, 3.63) is 33.2 Å². The third kappa shape index (κ3) is 1.61. The number of fused-ring (bicyclic) bond motifs is 1. The number of rotatable bonds is 2. The molecule has 82 valence electrons. The summed E-state index contributed by atoms with van der Waals surface area (Å²) in [4.78, 5) is 12.0. The summed E-state index contributed by atoms with van der Waals surface area (Å²) in [5, 5.41) is 9.14. The highest BCUT2D eigenvalue weighted by molar-refractivity contribution is 5.30. The monoisotopic (exact) mass is 207 g/mol. The average Bonchev–Trinajstić information content (AvgIpc) is 2.63. The molecule has 0 saturated heterocycles. The first-order valence-corrected chi connectivity index (χ1v) is 5.52. The fourth-order valence-electron chi connectivity index (χ4n) is 2.39. The number of aryl methyl sites for hydroxylation is 1. The Morgan fingerprint density at radius 2 is 2.20 bits per heavy atom. The molecule has 0 fully saturated rings. The molecule has 15 heavy (non-hydrogen) atoms. The molecule has 1 aliphatic carbocycles. The molecular weight excluding hydrogens is 190 g/mol. The van der Waals surface area contributed by atoms with Crippen LogP contribution >= 0.6 is 0 Å². The van der Waals surface area contributed by atoms with Crippen LogP contribution in [0.5, 0.6) is 0 Å². The molecular formula is C12H17NO2. The summed E-state index contributed by atoms with van der Waals surface area (Å²) in [5.41, 5.74) is 2.93. The quantitative estimate of drug-likeness (QED) is 0.796. The molecule has 0 amide bonds. The average molecular weight is 207 g/mol. The van der Waals surface area contributed by atoms with Crippen LogP contribution in [-0.2, 0) is 19.4 Å². The fraction of sp³-hybridized carbons (Fsp3) is 0.583. The Bertz CT molecular complexity index is 432. The third-order valence-electron chi connectivity index (χ3n) is 3.05. The van der Waals surface area contributed by atoms with E-state index < -0.39 is 0 Å². The van der Waals surface area contributed by atoms with Crippen LogP contribution in [0.1, 0.15) is 43.1 Å². The molecule has 0 saturated carbocycles. The summed E-state index contributed by atoms with van der Waals surface area (Å²) in [6.45, 7) is 3.88. The molecule has 0 radical (unpaired) electrons. The zero-order chi connectivity index (χ0) is 11.0. The molecule has 0 atom stereocenters. The maximum absolute atomic E-state index is 12.0. The fourth-order valence-corrected chi connectivity index (χ4v) is 2.39. The Balaban J connectivity index is 2.69. The minimum absolute atomic E-state index is 0.0202. The summed E-state index contributed by atoms with van der Waals surface area (Å²) < 4.78 is 1.84. The zero-order valence-corrected chi connectivity index (χ0v) is 9.29. The molecule has 3 nitrogen and oxygen atoms in total. The molecule has 1 heterocycles. The first kappa shape index (κ1) is 10.4. The summed E-state index contributed by atoms with van der Waals surface area (Å²) in [7, 11) is 0. The van der Waals surface area contributed by atoms with E-state index in [1.807, 2.05) is 24.5 Å². The van der Waals surface area contributed by atoms with Gasteiger partial charge in [-0.3, -0.25) is 4.79 Å². The van der Waals surface area contributed by atoms with Crippen LogP contribution in [0.3, 0.4) is 0 Å². The second kappa shape index (κ2) is 3.81. The lowest BCUT2D eigenvalue weighted by Crippen LogP contribution is -2.28. The van der Waals surface area contributed by atoms with Crippen molar-refractivity contribution in [1.29, 1.82) is 0 Å². The van der Waals surface area contributed by atoms with Crippen molar-refractivity contribution in [3.8, 4) is 0 Å². The Hall–Kier alpha value is -1.09. The van der Waals surface area contributed by atoms with Crippen LogP contribution in [0.2, 0.25) is 0 Å². The molecule has 3 heteroatoms. The van der Waals surface area contributed by atoms with Crippen molar-refractivity contribution < 1.29 is 5.11 Å². The molecule has 2 rings (SSSR count). The van der Waals surface area contributed by atoms with Gasteiger partial charge in [-0.15, -0.1) is 0 Å². The Kier molecular flexibility index (Phi) is 2.65. The van der Waals surface area contributed by atoms with Crippen molar-refractivity contribution in [2.75, 3.05) is 0 Å². The normalized spacial score (nSPS) is 14.7. The summed E-state index contributed by atoms with van der Waals surface area (Å²) in [5.74, 6) is 0. The van der Waals surface area contributed by atoms with Crippen molar-refractivity contribution in [2.45, 2.75) is 45.8 Å². The van der Waals surface area contributed by atoms with E-state index in [-0.39, 0.29) is 18.2 Å². The first-order valence-electron chi connectivity index (χ1n) is 5.52.